The molecular formula is C16H23ClN4OS. The molecule has 0 aromatic carbocycles. The van der Waals surface area contributed by atoms with Crippen molar-refractivity contribution in [1.82, 2.24) is 15.5 Å². The molecular weight excluding hydrogens is 332 g/mol. The molecule has 0 radical (unpaired) electrons. The van der Waals surface area contributed by atoms with Crippen LogP contribution in [0.1, 0.15) is 24.1 Å². The topological polar surface area (TPSA) is 56.7 Å². The molecule has 3 heterocycles. The number of likely N-dealkylation sites (tertiary alicyclic amines) is 1. The Labute approximate surface area is 146 Å². The minimum absolute atomic E-state index is 0.0915. The minimum atomic E-state index is 0.0915. The van der Waals surface area contributed by atoms with Crippen molar-refractivity contribution in [1.29, 1.82) is 0 Å². The highest BCUT2D eigenvalue weighted by Gasteiger charge is 2.42. The summed E-state index contributed by atoms with van der Waals surface area (Å²) in [6.45, 7) is 3.54. The molecule has 1 aromatic rings. The van der Waals surface area contributed by atoms with Crippen molar-refractivity contribution >= 4 is 34.8 Å². The van der Waals surface area contributed by atoms with Crippen LogP contribution in [0.2, 0.25) is 4.34 Å². The Kier molecular flexibility index (Phi) is 5.11. The zero-order chi connectivity index (χ0) is 16.3. The molecule has 2 N–H and O–H groups in total. The third kappa shape index (κ3) is 3.98. The third-order valence-electron chi connectivity index (χ3n) is 4.65. The van der Waals surface area contributed by atoms with E-state index in [0.29, 0.717) is 6.42 Å². The average Bonchev–Trinajstić information content (AvgIpc) is 3.10. The first-order valence-corrected chi connectivity index (χ1v) is 9.26. The number of nitrogens with one attached hydrogen (secondary N) is 2. The summed E-state index contributed by atoms with van der Waals surface area (Å²) in [4.78, 5) is 19.6. The second-order valence-corrected chi connectivity index (χ2v) is 8.21. The van der Waals surface area contributed by atoms with E-state index >= 15 is 0 Å². The van der Waals surface area contributed by atoms with E-state index in [4.69, 9.17) is 11.6 Å². The molecule has 23 heavy (non-hydrogen) atoms. The lowest BCUT2D eigenvalue weighted by atomic mass is 9.79. The number of hydrogen-bond donors (Lipinski definition) is 2. The van der Waals surface area contributed by atoms with Gasteiger partial charge in [-0.25, -0.2) is 0 Å². The molecule has 2 aliphatic heterocycles. The Balaban J connectivity index is 1.54. The molecule has 0 bridgehead atoms. The van der Waals surface area contributed by atoms with Crippen LogP contribution >= 0.6 is 22.9 Å². The molecule has 0 saturated carbocycles. The molecule has 1 atom stereocenters. The molecule has 0 aliphatic carbocycles. The summed E-state index contributed by atoms with van der Waals surface area (Å²) in [5.41, 5.74) is 0.0915. The Hall–Kier alpha value is -1.27. The first-order valence-electron chi connectivity index (χ1n) is 8.07. The summed E-state index contributed by atoms with van der Waals surface area (Å²) in [5.74, 6) is 1.12. The van der Waals surface area contributed by atoms with Crippen LogP contribution in [0.4, 0.5) is 0 Å². The maximum absolute atomic E-state index is 11.6. The fourth-order valence-corrected chi connectivity index (χ4v) is 4.63. The lowest BCUT2D eigenvalue weighted by Crippen LogP contribution is -2.51. The molecule has 2 saturated heterocycles. The summed E-state index contributed by atoms with van der Waals surface area (Å²) < 4.78 is 0.834. The predicted octanol–water partition coefficient (Wildman–Crippen LogP) is 2.12. The standard InChI is InChI=1S/C16H23ClN4OS/c1-18-15(19-7-5-12-3-4-13(17)23-12)21-8-2-6-16(11-21)9-14(22)20-10-16/h3-4H,2,5-11H2,1H3,(H,18,19)(H,20,22). The zero-order valence-electron chi connectivity index (χ0n) is 13.4. The Morgan fingerprint density at radius 1 is 1.57 bits per heavy atom. The Morgan fingerprint density at radius 3 is 3.09 bits per heavy atom. The van der Waals surface area contributed by atoms with E-state index in [2.05, 4.69) is 26.6 Å². The molecule has 7 heteroatoms. The van der Waals surface area contributed by atoms with Crippen LogP contribution in [-0.4, -0.2) is 50.0 Å². The van der Waals surface area contributed by atoms with Gasteiger partial charge in [0.15, 0.2) is 5.96 Å². The summed E-state index contributed by atoms with van der Waals surface area (Å²) in [7, 11) is 1.82. The highest BCUT2D eigenvalue weighted by Crippen LogP contribution is 2.35. The van der Waals surface area contributed by atoms with Gasteiger partial charge in [0.2, 0.25) is 5.91 Å². The summed E-state index contributed by atoms with van der Waals surface area (Å²) >= 11 is 7.59. The number of guanidine groups is 1. The predicted molar refractivity (Wildman–Crippen MR) is 95.3 cm³/mol. The van der Waals surface area contributed by atoms with Gasteiger partial charge in [0.25, 0.3) is 0 Å². The number of thiophene rings is 1. The van der Waals surface area contributed by atoms with Gasteiger partial charge in [-0.1, -0.05) is 11.6 Å². The van der Waals surface area contributed by atoms with E-state index in [1.807, 2.05) is 13.1 Å². The molecule has 1 spiro atoms. The van der Waals surface area contributed by atoms with Crippen LogP contribution in [0.25, 0.3) is 0 Å². The average molecular weight is 355 g/mol. The molecule has 1 unspecified atom stereocenters. The van der Waals surface area contributed by atoms with Crippen molar-refractivity contribution < 1.29 is 4.79 Å². The minimum Gasteiger partial charge on any atom is -0.356 e. The van der Waals surface area contributed by atoms with E-state index in [1.54, 1.807) is 11.3 Å². The van der Waals surface area contributed by atoms with Gasteiger partial charge in [0.1, 0.15) is 0 Å². The number of halogens is 1. The smallest absolute Gasteiger partial charge is 0.220 e. The summed E-state index contributed by atoms with van der Waals surface area (Å²) in [6, 6.07) is 4.01. The number of carbonyl (C=O) groups is 1. The highest BCUT2D eigenvalue weighted by molar-refractivity contribution is 7.16. The molecule has 2 fully saturated rings. The molecule has 1 aromatic heterocycles. The van der Waals surface area contributed by atoms with Gasteiger partial charge in [-0.15, -0.1) is 11.3 Å². The second kappa shape index (κ2) is 7.09. The van der Waals surface area contributed by atoms with Crippen LogP contribution in [0.15, 0.2) is 17.1 Å². The van der Waals surface area contributed by atoms with Crippen LogP contribution < -0.4 is 10.6 Å². The van der Waals surface area contributed by atoms with Crippen LogP contribution in [0.5, 0.6) is 0 Å². The van der Waals surface area contributed by atoms with Crippen molar-refractivity contribution in [2.45, 2.75) is 25.7 Å². The maximum Gasteiger partial charge on any atom is 0.220 e. The maximum atomic E-state index is 11.6. The van der Waals surface area contributed by atoms with Gasteiger partial charge in [-0.3, -0.25) is 9.79 Å². The molecule has 2 aliphatic rings. The number of nitrogens with zero attached hydrogens (tertiary/aromatic N) is 2. The van der Waals surface area contributed by atoms with E-state index in [9.17, 15) is 4.79 Å². The number of carbonyl (C=O) groups excluding carboxylic acids is 1. The van der Waals surface area contributed by atoms with Gasteiger partial charge in [-0.05, 0) is 31.4 Å². The number of piperidine rings is 1. The summed E-state index contributed by atoms with van der Waals surface area (Å²) in [5, 5.41) is 6.44. The molecule has 1 amide bonds. The van der Waals surface area contributed by atoms with Crippen LogP contribution in [0.3, 0.4) is 0 Å². The van der Waals surface area contributed by atoms with Gasteiger partial charge in [-0.2, -0.15) is 0 Å². The number of rotatable bonds is 3. The second-order valence-electron chi connectivity index (χ2n) is 6.41. The molecule has 126 valence electrons. The molecule has 5 nitrogen and oxygen atoms in total. The SMILES string of the molecule is CN=C(NCCc1ccc(Cl)s1)N1CCCC2(CNC(=O)C2)C1. The van der Waals surface area contributed by atoms with Crippen molar-refractivity contribution in [2.75, 3.05) is 33.2 Å². The lowest BCUT2D eigenvalue weighted by molar-refractivity contribution is -0.119. The van der Waals surface area contributed by atoms with Crippen LogP contribution in [-0.2, 0) is 11.2 Å². The zero-order valence-corrected chi connectivity index (χ0v) is 15.0. The first kappa shape index (κ1) is 16.6. The van der Waals surface area contributed by atoms with E-state index in [-0.39, 0.29) is 11.3 Å². The number of aliphatic imine (C=N–C) groups is 1. The molecule has 3 rings (SSSR count). The van der Waals surface area contributed by atoms with Gasteiger partial charge >= 0.3 is 0 Å². The largest absolute Gasteiger partial charge is 0.356 e. The van der Waals surface area contributed by atoms with Crippen molar-refractivity contribution in [2.24, 2.45) is 10.4 Å². The quantitative estimate of drug-likeness (QED) is 0.645. The highest BCUT2D eigenvalue weighted by atomic mass is 35.5. The third-order valence-corrected chi connectivity index (χ3v) is 5.94. The Morgan fingerprint density at radius 2 is 2.43 bits per heavy atom. The van der Waals surface area contributed by atoms with Gasteiger partial charge < -0.3 is 15.5 Å². The van der Waals surface area contributed by atoms with Gasteiger partial charge in [0.05, 0.1) is 4.34 Å². The van der Waals surface area contributed by atoms with E-state index < -0.39 is 0 Å². The fourth-order valence-electron chi connectivity index (χ4n) is 3.54. The summed E-state index contributed by atoms with van der Waals surface area (Å²) in [6.07, 6.45) is 3.81. The van der Waals surface area contributed by atoms with E-state index in [1.165, 1.54) is 4.88 Å². The number of amides is 1. The normalized spacial score (nSPS) is 25.0. The lowest BCUT2D eigenvalue weighted by Gasteiger charge is -2.40. The first-order chi connectivity index (χ1) is 11.1. The van der Waals surface area contributed by atoms with E-state index in [0.717, 1.165) is 55.7 Å². The van der Waals surface area contributed by atoms with Crippen molar-refractivity contribution in [3.05, 3.63) is 21.3 Å². The van der Waals surface area contributed by atoms with Crippen molar-refractivity contribution in [3.8, 4) is 0 Å². The van der Waals surface area contributed by atoms with Crippen LogP contribution in [0, 0.1) is 5.41 Å². The van der Waals surface area contributed by atoms with Gasteiger partial charge in [0, 0.05) is 49.9 Å². The monoisotopic (exact) mass is 354 g/mol. The fraction of sp³-hybridized carbons (Fsp3) is 0.625. The van der Waals surface area contributed by atoms with Crippen molar-refractivity contribution in [3.63, 3.8) is 0 Å². The Bertz CT molecular complexity index is 603. The number of hydrogen-bond acceptors (Lipinski definition) is 3.